The number of likely N-dealkylation sites (tertiary alicyclic amines) is 1. The Labute approximate surface area is 171 Å². The van der Waals surface area contributed by atoms with E-state index >= 15 is 0 Å². The van der Waals surface area contributed by atoms with Crippen molar-refractivity contribution in [3.63, 3.8) is 0 Å². The number of carbonyl (C=O) groups excluding carboxylic acids is 2. The third-order valence-electron chi connectivity index (χ3n) is 4.53. The molecule has 1 aliphatic heterocycles. The smallest absolute Gasteiger partial charge is 0.255 e. The van der Waals surface area contributed by atoms with E-state index in [2.05, 4.69) is 10.0 Å². The zero-order valence-electron chi connectivity index (χ0n) is 16.5. The average molecular weight is 416 g/mol. The predicted molar refractivity (Wildman–Crippen MR) is 111 cm³/mol. The molecule has 3 rings (SSSR count). The number of sulfonamides is 1. The van der Waals surface area contributed by atoms with Crippen LogP contribution in [-0.4, -0.2) is 37.7 Å². The molecular formula is C21H25N3O4S. The molecule has 0 radical (unpaired) electrons. The van der Waals surface area contributed by atoms with E-state index in [0.717, 1.165) is 18.5 Å². The Kier molecular flexibility index (Phi) is 6.34. The maximum absolute atomic E-state index is 12.6. The number of nitrogens with one attached hydrogen (secondary N) is 2. The van der Waals surface area contributed by atoms with Crippen molar-refractivity contribution in [3.8, 4) is 0 Å². The van der Waals surface area contributed by atoms with E-state index in [0.29, 0.717) is 18.7 Å². The lowest BCUT2D eigenvalue weighted by molar-refractivity contribution is -0.128. The van der Waals surface area contributed by atoms with Gasteiger partial charge in [0.15, 0.2) is 0 Å². The van der Waals surface area contributed by atoms with E-state index < -0.39 is 15.9 Å². The molecule has 7 nitrogen and oxygen atoms in total. The summed E-state index contributed by atoms with van der Waals surface area (Å²) in [7, 11) is -3.68. The van der Waals surface area contributed by atoms with Gasteiger partial charge in [-0.1, -0.05) is 18.2 Å². The summed E-state index contributed by atoms with van der Waals surface area (Å²) in [5.74, 6) is -0.256. The SMILES string of the molecule is CC(C)NS(=O)(=O)c1cccc(C(=O)Nc2cccc(CN3CCCC3=O)c2)c1. The Hall–Kier alpha value is -2.71. The molecule has 0 spiro atoms. The average Bonchev–Trinajstić information content (AvgIpc) is 3.06. The maximum Gasteiger partial charge on any atom is 0.255 e. The molecule has 154 valence electrons. The third-order valence-corrected chi connectivity index (χ3v) is 6.18. The fraction of sp³-hybridized carbons (Fsp3) is 0.333. The molecule has 29 heavy (non-hydrogen) atoms. The van der Waals surface area contributed by atoms with Crippen molar-refractivity contribution in [1.82, 2.24) is 9.62 Å². The predicted octanol–water partition coefficient (Wildman–Crippen LogP) is 2.75. The Balaban J connectivity index is 1.73. The van der Waals surface area contributed by atoms with Gasteiger partial charge < -0.3 is 10.2 Å². The summed E-state index contributed by atoms with van der Waals surface area (Å²) in [5.41, 5.74) is 1.76. The van der Waals surface area contributed by atoms with Gasteiger partial charge >= 0.3 is 0 Å². The molecule has 1 saturated heterocycles. The number of hydrogen-bond donors (Lipinski definition) is 2. The molecule has 2 aromatic rings. The van der Waals surface area contributed by atoms with Gasteiger partial charge in [-0.2, -0.15) is 0 Å². The minimum Gasteiger partial charge on any atom is -0.338 e. The standard InChI is InChI=1S/C21H25N3O4S/c1-15(2)23-29(27,28)19-9-4-7-17(13-19)21(26)22-18-8-3-6-16(12-18)14-24-11-5-10-20(24)25/h3-4,6-9,12-13,15,23H,5,10-11,14H2,1-2H3,(H,22,26). The Bertz CT molecular complexity index is 1020. The van der Waals surface area contributed by atoms with E-state index in [-0.39, 0.29) is 22.4 Å². The van der Waals surface area contributed by atoms with Crippen molar-refractivity contribution >= 4 is 27.5 Å². The molecule has 1 aliphatic rings. The first-order valence-electron chi connectivity index (χ1n) is 9.55. The first-order valence-corrected chi connectivity index (χ1v) is 11.0. The lowest BCUT2D eigenvalue weighted by Crippen LogP contribution is -2.30. The fourth-order valence-electron chi connectivity index (χ4n) is 3.23. The first kappa shape index (κ1) is 21.0. The summed E-state index contributed by atoms with van der Waals surface area (Å²) in [5, 5.41) is 2.80. The van der Waals surface area contributed by atoms with Crippen LogP contribution in [0.15, 0.2) is 53.4 Å². The monoisotopic (exact) mass is 415 g/mol. The summed E-state index contributed by atoms with van der Waals surface area (Å²) in [6, 6.07) is 13.0. The molecule has 0 saturated carbocycles. The van der Waals surface area contributed by atoms with Crippen LogP contribution < -0.4 is 10.0 Å². The van der Waals surface area contributed by atoms with Crippen LogP contribution in [0.3, 0.4) is 0 Å². The fourth-order valence-corrected chi connectivity index (χ4v) is 4.52. The Morgan fingerprint density at radius 3 is 2.59 bits per heavy atom. The molecule has 1 fully saturated rings. The summed E-state index contributed by atoms with van der Waals surface area (Å²) in [4.78, 5) is 26.3. The van der Waals surface area contributed by atoms with Crippen molar-refractivity contribution < 1.29 is 18.0 Å². The van der Waals surface area contributed by atoms with Gasteiger partial charge in [0.1, 0.15) is 0 Å². The number of rotatable bonds is 7. The molecule has 1 heterocycles. The first-order chi connectivity index (χ1) is 13.7. The second-order valence-electron chi connectivity index (χ2n) is 7.38. The van der Waals surface area contributed by atoms with Gasteiger partial charge in [0.05, 0.1) is 4.90 Å². The Morgan fingerprint density at radius 2 is 1.90 bits per heavy atom. The highest BCUT2D eigenvalue weighted by atomic mass is 32.2. The van der Waals surface area contributed by atoms with Crippen LogP contribution in [0.1, 0.15) is 42.6 Å². The highest BCUT2D eigenvalue weighted by molar-refractivity contribution is 7.89. The number of benzene rings is 2. The van der Waals surface area contributed by atoms with Gasteiger partial charge in [-0.3, -0.25) is 9.59 Å². The highest BCUT2D eigenvalue weighted by Crippen LogP contribution is 2.18. The van der Waals surface area contributed by atoms with Crippen molar-refractivity contribution in [3.05, 3.63) is 59.7 Å². The third kappa shape index (κ3) is 5.42. The van der Waals surface area contributed by atoms with Crippen LogP contribution in [0.4, 0.5) is 5.69 Å². The molecule has 0 aromatic heterocycles. The van der Waals surface area contributed by atoms with E-state index in [4.69, 9.17) is 0 Å². The molecular weight excluding hydrogens is 390 g/mol. The molecule has 0 aliphatic carbocycles. The minimum absolute atomic E-state index is 0.0418. The number of nitrogens with zero attached hydrogens (tertiary/aromatic N) is 1. The molecule has 0 atom stereocenters. The van der Waals surface area contributed by atoms with Crippen LogP contribution in [0.25, 0.3) is 0 Å². The van der Waals surface area contributed by atoms with Crippen molar-refractivity contribution in [2.45, 2.75) is 44.2 Å². The normalized spacial score (nSPS) is 14.4. The van der Waals surface area contributed by atoms with Gasteiger partial charge in [-0.05, 0) is 56.2 Å². The van der Waals surface area contributed by atoms with Crippen LogP contribution >= 0.6 is 0 Å². The van der Waals surface area contributed by atoms with Gasteiger partial charge in [-0.15, -0.1) is 0 Å². The topological polar surface area (TPSA) is 95.6 Å². The number of anilines is 1. The van der Waals surface area contributed by atoms with Gasteiger partial charge in [0.2, 0.25) is 15.9 Å². The quantitative estimate of drug-likeness (QED) is 0.727. The molecule has 0 unspecified atom stereocenters. The maximum atomic E-state index is 12.6. The van der Waals surface area contributed by atoms with Crippen molar-refractivity contribution in [2.75, 3.05) is 11.9 Å². The lowest BCUT2D eigenvalue weighted by atomic mass is 10.1. The summed E-state index contributed by atoms with van der Waals surface area (Å²) in [6.07, 6.45) is 1.46. The molecule has 0 bridgehead atoms. The van der Waals surface area contributed by atoms with Gasteiger partial charge in [0.25, 0.3) is 5.91 Å². The number of carbonyl (C=O) groups is 2. The summed E-state index contributed by atoms with van der Waals surface area (Å²) < 4.78 is 27.2. The minimum atomic E-state index is -3.68. The molecule has 2 amide bonds. The zero-order chi connectivity index (χ0) is 21.0. The van der Waals surface area contributed by atoms with E-state index in [9.17, 15) is 18.0 Å². The molecule has 8 heteroatoms. The van der Waals surface area contributed by atoms with Crippen LogP contribution in [0.2, 0.25) is 0 Å². The van der Waals surface area contributed by atoms with Gasteiger partial charge in [-0.25, -0.2) is 13.1 Å². The van der Waals surface area contributed by atoms with Crippen molar-refractivity contribution in [2.24, 2.45) is 0 Å². The number of hydrogen-bond acceptors (Lipinski definition) is 4. The van der Waals surface area contributed by atoms with E-state index in [1.165, 1.54) is 12.1 Å². The van der Waals surface area contributed by atoms with E-state index in [1.54, 1.807) is 36.9 Å². The Morgan fingerprint density at radius 1 is 1.14 bits per heavy atom. The van der Waals surface area contributed by atoms with Crippen molar-refractivity contribution in [1.29, 1.82) is 0 Å². The summed E-state index contributed by atoms with van der Waals surface area (Å²) >= 11 is 0. The lowest BCUT2D eigenvalue weighted by Gasteiger charge is -2.16. The van der Waals surface area contributed by atoms with Gasteiger partial charge in [0, 0.05) is 36.8 Å². The number of amides is 2. The van der Waals surface area contributed by atoms with Crippen LogP contribution in [0, 0.1) is 0 Å². The molecule has 2 N–H and O–H groups in total. The zero-order valence-corrected chi connectivity index (χ0v) is 17.3. The second kappa shape index (κ2) is 8.75. The van der Waals surface area contributed by atoms with E-state index in [1.807, 2.05) is 18.2 Å². The molecule has 2 aromatic carbocycles. The van der Waals surface area contributed by atoms with Crippen LogP contribution in [0.5, 0.6) is 0 Å². The second-order valence-corrected chi connectivity index (χ2v) is 9.09. The highest BCUT2D eigenvalue weighted by Gasteiger charge is 2.20. The largest absolute Gasteiger partial charge is 0.338 e. The van der Waals surface area contributed by atoms with Crippen LogP contribution in [-0.2, 0) is 21.4 Å². The summed E-state index contributed by atoms with van der Waals surface area (Å²) in [6.45, 7) is 4.73.